The first-order chi connectivity index (χ1) is 12.1. The number of carbonyl (C=O) groups excluding carboxylic acids is 1. The molecule has 2 aromatic heterocycles. The quantitative estimate of drug-likeness (QED) is 0.860. The summed E-state index contributed by atoms with van der Waals surface area (Å²) in [6.45, 7) is 6.29. The molecule has 2 aliphatic rings. The van der Waals surface area contributed by atoms with Gasteiger partial charge in [-0.05, 0) is 45.1 Å². The molecule has 0 N–H and O–H groups in total. The van der Waals surface area contributed by atoms with Crippen LogP contribution >= 0.6 is 0 Å². The molecule has 0 bridgehead atoms. The fourth-order valence-electron chi connectivity index (χ4n) is 4.39. The van der Waals surface area contributed by atoms with Gasteiger partial charge in [0.25, 0.3) is 0 Å². The standard InChI is InChI=1S/C19H25N5O/c1-14-21-12-16-4-7-19(18(16)22-14)6-3-9-24(13-19)17(25)5-10-23-11-8-20-15(23)2/h8,11-12H,3-7,9-10,13H2,1-2H3. The maximum Gasteiger partial charge on any atom is 0.224 e. The molecular formula is C19H25N5O. The minimum Gasteiger partial charge on any atom is -0.342 e. The lowest BCUT2D eigenvalue weighted by atomic mass is 9.77. The minimum atomic E-state index is 0.0435. The van der Waals surface area contributed by atoms with E-state index in [1.165, 1.54) is 11.3 Å². The minimum absolute atomic E-state index is 0.0435. The van der Waals surface area contributed by atoms with Gasteiger partial charge in [-0.25, -0.2) is 15.0 Å². The van der Waals surface area contributed by atoms with Gasteiger partial charge in [0.2, 0.25) is 5.91 Å². The van der Waals surface area contributed by atoms with Crippen LogP contribution in [0.4, 0.5) is 0 Å². The Labute approximate surface area is 148 Å². The molecular weight excluding hydrogens is 314 g/mol. The van der Waals surface area contributed by atoms with Crippen LogP contribution in [0.5, 0.6) is 0 Å². The zero-order chi connectivity index (χ0) is 17.4. The summed E-state index contributed by atoms with van der Waals surface area (Å²) in [5.74, 6) is 2.03. The lowest BCUT2D eigenvalue weighted by Gasteiger charge is -2.40. The van der Waals surface area contributed by atoms with Crippen molar-refractivity contribution in [1.29, 1.82) is 0 Å². The van der Waals surface area contributed by atoms with Crippen molar-refractivity contribution in [3.8, 4) is 0 Å². The average Bonchev–Trinajstić information content (AvgIpc) is 3.17. The Bertz CT molecular complexity index is 795. The topological polar surface area (TPSA) is 63.9 Å². The van der Waals surface area contributed by atoms with Gasteiger partial charge in [-0.1, -0.05) is 0 Å². The van der Waals surface area contributed by atoms with Crippen LogP contribution in [-0.2, 0) is 23.2 Å². The van der Waals surface area contributed by atoms with Gasteiger partial charge in [0, 0.05) is 50.1 Å². The van der Waals surface area contributed by atoms with E-state index in [-0.39, 0.29) is 11.3 Å². The van der Waals surface area contributed by atoms with Gasteiger partial charge in [-0.15, -0.1) is 0 Å². The smallest absolute Gasteiger partial charge is 0.224 e. The summed E-state index contributed by atoms with van der Waals surface area (Å²) in [5.41, 5.74) is 2.51. The normalized spacial score (nSPS) is 22.4. The second-order valence-electron chi connectivity index (χ2n) is 7.41. The van der Waals surface area contributed by atoms with Gasteiger partial charge in [0.15, 0.2) is 0 Å². The summed E-state index contributed by atoms with van der Waals surface area (Å²) in [4.78, 5) is 28.2. The molecule has 1 atom stereocenters. The number of aromatic nitrogens is 4. The molecule has 3 heterocycles. The summed E-state index contributed by atoms with van der Waals surface area (Å²) >= 11 is 0. The van der Waals surface area contributed by atoms with Crippen molar-refractivity contribution >= 4 is 5.91 Å². The second-order valence-corrected chi connectivity index (χ2v) is 7.41. The van der Waals surface area contributed by atoms with Crippen LogP contribution in [0.15, 0.2) is 18.6 Å². The van der Waals surface area contributed by atoms with Crippen LogP contribution in [0.2, 0.25) is 0 Å². The van der Waals surface area contributed by atoms with Crippen molar-refractivity contribution in [3.05, 3.63) is 41.5 Å². The second kappa shape index (κ2) is 6.24. The molecule has 132 valence electrons. The molecule has 1 amide bonds. The molecule has 0 radical (unpaired) electrons. The Morgan fingerprint density at radius 3 is 2.96 bits per heavy atom. The van der Waals surface area contributed by atoms with Gasteiger partial charge in [-0.3, -0.25) is 4.79 Å². The molecule has 1 spiro atoms. The van der Waals surface area contributed by atoms with E-state index in [0.29, 0.717) is 13.0 Å². The van der Waals surface area contributed by atoms with Gasteiger partial charge in [0.1, 0.15) is 11.6 Å². The molecule has 1 fully saturated rings. The number of rotatable bonds is 3. The molecule has 1 unspecified atom stereocenters. The van der Waals surface area contributed by atoms with Crippen molar-refractivity contribution in [2.24, 2.45) is 0 Å². The SMILES string of the molecule is Cc1ncc2c(n1)C1(CCCN(C(=O)CCn3ccnc3C)C1)CC2. The molecule has 0 aromatic carbocycles. The zero-order valence-electron chi connectivity index (χ0n) is 15.0. The number of fused-ring (bicyclic) bond motifs is 2. The molecule has 4 rings (SSSR count). The molecule has 0 saturated carbocycles. The molecule has 6 nitrogen and oxygen atoms in total. The summed E-state index contributed by atoms with van der Waals surface area (Å²) < 4.78 is 2.04. The van der Waals surface area contributed by atoms with Gasteiger partial charge >= 0.3 is 0 Å². The monoisotopic (exact) mass is 339 g/mol. The molecule has 6 heteroatoms. The van der Waals surface area contributed by atoms with Crippen LogP contribution in [0.25, 0.3) is 0 Å². The first-order valence-corrected chi connectivity index (χ1v) is 9.16. The largest absolute Gasteiger partial charge is 0.342 e. The Morgan fingerprint density at radius 1 is 1.28 bits per heavy atom. The van der Waals surface area contributed by atoms with Gasteiger partial charge in [0.05, 0.1) is 5.69 Å². The highest BCUT2D eigenvalue weighted by atomic mass is 16.2. The number of carbonyl (C=O) groups is 1. The highest BCUT2D eigenvalue weighted by Gasteiger charge is 2.44. The van der Waals surface area contributed by atoms with E-state index in [1.807, 2.05) is 30.8 Å². The van der Waals surface area contributed by atoms with E-state index in [9.17, 15) is 4.79 Å². The number of piperidine rings is 1. The lowest BCUT2D eigenvalue weighted by Crippen LogP contribution is -2.48. The van der Waals surface area contributed by atoms with Gasteiger partial charge < -0.3 is 9.47 Å². The molecule has 2 aromatic rings. The number of aryl methyl sites for hydroxylation is 4. The number of amides is 1. The van der Waals surface area contributed by atoms with Crippen LogP contribution in [0.1, 0.15) is 48.6 Å². The average molecular weight is 339 g/mol. The van der Waals surface area contributed by atoms with Crippen LogP contribution < -0.4 is 0 Å². The Morgan fingerprint density at radius 2 is 2.16 bits per heavy atom. The predicted octanol–water partition coefficient (Wildman–Crippen LogP) is 2.19. The predicted molar refractivity (Wildman–Crippen MR) is 94.2 cm³/mol. The third kappa shape index (κ3) is 2.94. The van der Waals surface area contributed by atoms with E-state index >= 15 is 0 Å². The van der Waals surface area contributed by atoms with Crippen molar-refractivity contribution < 1.29 is 4.79 Å². The van der Waals surface area contributed by atoms with Crippen LogP contribution in [0, 0.1) is 13.8 Å². The highest BCUT2D eigenvalue weighted by molar-refractivity contribution is 5.76. The first kappa shape index (κ1) is 16.2. The summed E-state index contributed by atoms with van der Waals surface area (Å²) in [5, 5.41) is 0. The number of imidazole rings is 1. The van der Waals surface area contributed by atoms with E-state index in [4.69, 9.17) is 4.98 Å². The van der Waals surface area contributed by atoms with E-state index < -0.39 is 0 Å². The summed E-state index contributed by atoms with van der Waals surface area (Å²) in [7, 11) is 0. The fraction of sp³-hybridized carbons (Fsp3) is 0.579. The Hall–Kier alpha value is -2.24. The van der Waals surface area contributed by atoms with Crippen molar-refractivity contribution in [2.45, 2.75) is 57.9 Å². The van der Waals surface area contributed by atoms with E-state index in [2.05, 4.69) is 14.9 Å². The maximum absolute atomic E-state index is 12.8. The van der Waals surface area contributed by atoms with Crippen LogP contribution in [-0.4, -0.2) is 43.4 Å². The molecule has 25 heavy (non-hydrogen) atoms. The molecule has 1 aliphatic heterocycles. The molecule has 1 saturated heterocycles. The lowest BCUT2D eigenvalue weighted by molar-refractivity contribution is -0.133. The number of hydrogen-bond acceptors (Lipinski definition) is 4. The maximum atomic E-state index is 12.8. The van der Waals surface area contributed by atoms with Crippen molar-refractivity contribution in [3.63, 3.8) is 0 Å². The summed E-state index contributed by atoms with van der Waals surface area (Å²) in [6.07, 6.45) is 10.5. The van der Waals surface area contributed by atoms with Crippen molar-refractivity contribution in [2.75, 3.05) is 13.1 Å². The van der Waals surface area contributed by atoms with Crippen molar-refractivity contribution in [1.82, 2.24) is 24.4 Å². The Balaban J connectivity index is 1.48. The highest BCUT2D eigenvalue weighted by Crippen LogP contribution is 2.43. The number of nitrogens with zero attached hydrogens (tertiary/aromatic N) is 5. The fourth-order valence-corrected chi connectivity index (χ4v) is 4.39. The third-order valence-corrected chi connectivity index (χ3v) is 5.78. The zero-order valence-corrected chi connectivity index (χ0v) is 15.0. The first-order valence-electron chi connectivity index (χ1n) is 9.16. The van der Waals surface area contributed by atoms with E-state index in [1.54, 1.807) is 6.20 Å². The third-order valence-electron chi connectivity index (χ3n) is 5.78. The molecule has 1 aliphatic carbocycles. The number of hydrogen-bond donors (Lipinski definition) is 0. The number of likely N-dealkylation sites (tertiary alicyclic amines) is 1. The van der Waals surface area contributed by atoms with E-state index in [0.717, 1.165) is 50.4 Å². The summed E-state index contributed by atoms with van der Waals surface area (Å²) in [6, 6.07) is 0. The Kier molecular flexibility index (Phi) is 4.06. The van der Waals surface area contributed by atoms with Gasteiger partial charge in [-0.2, -0.15) is 0 Å². The van der Waals surface area contributed by atoms with Crippen LogP contribution in [0.3, 0.4) is 0 Å².